The second-order valence-corrected chi connectivity index (χ2v) is 8.09. The number of nitrogens with zero attached hydrogens (tertiary/aromatic N) is 2. The second kappa shape index (κ2) is 8.05. The molecule has 3 N–H and O–H groups in total. The Hall–Kier alpha value is -2.82. The molecule has 0 radical (unpaired) electrons. The van der Waals surface area contributed by atoms with Gasteiger partial charge in [0.05, 0.1) is 0 Å². The van der Waals surface area contributed by atoms with Crippen LogP contribution in [0, 0.1) is 18.8 Å². The van der Waals surface area contributed by atoms with E-state index < -0.39 is 20.0 Å². The molecule has 3 rings (SSSR count). The fraction of sp³-hybridized carbons (Fsp3) is 0.211. The molecule has 0 fully saturated rings. The monoisotopic (exact) mass is 454 g/mol. The Labute approximate surface area is 166 Å². The number of nitrogen functional groups attached to an aromatic ring is 1. The van der Waals surface area contributed by atoms with Crippen LogP contribution >= 0.6 is 0 Å². The van der Waals surface area contributed by atoms with Gasteiger partial charge in [-0.05, 0) is 0 Å². The molecule has 2 heterocycles. The van der Waals surface area contributed by atoms with Crippen LogP contribution in [0.4, 0.5) is 24.7 Å². The summed E-state index contributed by atoms with van der Waals surface area (Å²) in [5.74, 6) is 6.51. The maximum absolute atomic E-state index is 13.0. The Morgan fingerprint density at radius 1 is 1.29 bits per heavy atom. The van der Waals surface area contributed by atoms with E-state index in [2.05, 4.69) is 22.3 Å². The van der Waals surface area contributed by atoms with Crippen molar-refractivity contribution in [2.45, 2.75) is 12.0 Å². The van der Waals surface area contributed by atoms with Crippen molar-refractivity contribution < 1.29 is 17.9 Å². The topological polar surface area (TPSA) is 64.6 Å². The van der Waals surface area contributed by atoms with E-state index in [0.717, 1.165) is 11.3 Å². The summed E-state index contributed by atoms with van der Waals surface area (Å²) in [6, 6.07) is 10.4. The Balaban J connectivity index is 1.87. The van der Waals surface area contributed by atoms with Crippen LogP contribution in [0.2, 0.25) is 0 Å². The molecule has 3 aromatic rings. The fourth-order valence-corrected chi connectivity index (χ4v) is 4.00. The summed E-state index contributed by atoms with van der Waals surface area (Å²) in [5.41, 5.74) is 8.05. The molecule has 0 saturated heterocycles. The third-order valence-electron chi connectivity index (χ3n) is 3.79. The van der Waals surface area contributed by atoms with Gasteiger partial charge in [-0.1, -0.05) is 0 Å². The van der Waals surface area contributed by atoms with Crippen LogP contribution in [0.3, 0.4) is 0 Å². The third kappa shape index (κ3) is 4.53. The van der Waals surface area contributed by atoms with E-state index in [0.29, 0.717) is 11.3 Å². The number of rotatable bonds is 4. The quantitative estimate of drug-likeness (QED) is 0.471. The number of hydrogen-bond acceptors (Lipinski definition) is 4. The van der Waals surface area contributed by atoms with Crippen LogP contribution in [0.15, 0.2) is 36.4 Å². The first kappa shape index (κ1) is 19.9. The predicted octanol–water partition coefficient (Wildman–Crippen LogP) is 2.55. The number of methoxy groups -OCH3 is 1. The number of nitrogens with two attached hydrogens (primary N) is 1. The zero-order valence-electron chi connectivity index (χ0n) is 15.1. The normalized spacial score (nSPS) is 11.2. The van der Waals surface area contributed by atoms with E-state index in [4.69, 9.17) is 10.5 Å². The van der Waals surface area contributed by atoms with Gasteiger partial charge < -0.3 is 0 Å². The van der Waals surface area contributed by atoms with E-state index >= 15 is 0 Å². The number of fused-ring (bicyclic) bond motifs is 1. The molecule has 9 heteroatoms. The van der Waals surface area contributed by atoms with Crippen molar-refractivity contribution in [3.05, 3.63) is 47.7 Å². The molecular weight excluding hydrogens is 436 g/mol. The molecule has 0 aliphatic heterocycles. The SMILES string of the molecule is COc1cc(C)ccc1NCC#Cc1nn2c(N)cccc2c1[Se]C(F)(F)F. The summed E-state index contributed by atoms with van der Waals surface area (Å²) < 4.78 is 45.8. The molecule has 0 aliphatic rings. The van der Waals surface area contributed by atoms with E-state index in [-0.39, 0.29) is 22.5 Å². The van der Waals surface area contributed by atoms with Crippen molar-refractivity contribution in [3.8, 4) is 17.6 Å². The van der Waals surface area contributed by atoms with Crippen LogP contribution in [0.5, 0.6) is 5.75 Å². The standard InChI is InChI=1S/C19H17F3N4OSe/c1-12-8-9-13(16(11-12)27-2)24-10-4-5-14-18(28-19(20,21)22)15-6-3-7-17(23)26(15)25-14/h3,6-9,11,24H,10,23H2,1-2H3. The Bertz CT molecular complexity index is 1070. The zero-order chi connectivity index (χ0) is 20.3. The molecule has 0 aliphatic carbocycles. The molecule has 146 valence electrons. The van der Waals surface area contributed by atoms with Gasteiger partial charge >= 0.3 is 166 Å². The van der Waals surface area contributed by atoms with E-state index in [1.165, 1.54) is 4.52 Å². The second-order valence-electron chi connectivity index (χ2n) is 5.83. The van der Waals surface area contributed by atoms with Crippen LogP contribution in [0.1, 0.15) is 11.3 Å². The number of benzene rings is 1. The first-order valence-corrected chi connectivity index (χ1v) is 9.90. The summed E-state index contributed by atoms with van der Waals surface area (Å²) in [4.78, 5) is 0. The van der Waals surface area contributed by atoms with Crippen molar-refractivity contribution in [1.82, 2.24) is 9.61 Å². The van der Waals surface area contributed by atoms with Gasteiger partial charge in [0, 0.05) is 0 Å². The molecule has 0 atom stereocenters. The summed E-state index contributed by atoms with van der Waals surface area (Å²) in [6.45, 7) is 2.17. The molecule has 0 amide bonds. The van der Waals surface area contributed by atoms with Crippen molar-refractivity contribution >= 4 is 36.4 Å². The molecule has 0 unspecified atom stereocenters. The average molecular weight is 453 g/mol. The van der Waals surface area contributed by atoms with E-state index in [9.17, 15) is 13.2 Å². The van der Waals surface area contributed by atoms with Gasteiger partial charge in [-0.2, -0.15) is 0 Å². The fourth-order valence-electron chi connectivity index (χ4n) is 2.58. The number of ether oxygens (including phenoxy) is 1. The van der Waals surface area contributed by atoms with Crippen LogP contribution < -0.4 is 20.2 Å². The van der Waals surface area contributed by atoms with Gasteiger partial charge in [0.1, 0.15) is 0 Å². The predicted molar refractivity (Wildman–Crippen MR) is 104 cm³/mol. The Morgan fingerprint density at radius 2 is 2.07 bits per heavy atom. The first-order valence-electron chi connectivity index (χ1n) is 8.19. The van der Waals surface area contributed by atoms with Gasteiger partial charge in [-0.25, -0.2) is 0 Å². The molecule has 5 nitrogen and oxygen atoms in total. The molecular formula is C19H17F3N4OSe. The number of aromatic nitrogens is 2. The number of anilines is 2. The van der Waals surface area contributed by atoms with Crippen LogP contribution in [0.25, 0.3) is 5.52 Å². The Kier molecular flexibility index (Phi) is 5.73. The number of halogens is 3. The first-order chi connectivity index (χ1) is 13.3. The summed E-state index contributed by atoms with van der Waals surface area (Å²) >= 11 is -1.78. The van der Waals surface area contributed by atoms with Gasteiger partial charge in [0.25, 0.3) is 0 Å². The molecule has 0 spiro atoms. The number of aryl methyl sites for hydroxylation is 1. The van der Waals surface area contributed by atoms with Gasteiger partial charge in [-0.15, -0.1) is 0 Å². The molecule has 2 aromatic heterocycles. The van der Waals surface area contributed by atoms with Crippen molar-refractivity contribution in [1.29, 1.82) is 0 Å². The van der Waals surface area contributed by atoms with E-state index in [1.807, 2.05) is 25.1 Å². The number of hydrogen-bond donors (Lipinski definition) is 2. The van der Waals surface area contributed by atoms with Gasteiger partial charge in [-0.3, -0.25) is 0 Å². The molecule has 0 saturated carbocycles. The van der Waals surface area contributed by atoms with Crippen molar-refractivity contribution in [2.24, 2.45) is 0 Å². The maximum atomic E-state index is 13.0. The third-order valence-corrected chi connectivity index (χ3v) is 5.55. The van der Waals surface area contributed by atoms with Gasteiger partial charge in [0.2, 0.25) is 0 Å². The Morgan fingerprint density at radius 3 is 2.79 bits per heavy atom. The van der Waals surface area contributed by atoms with Crippen LogP contribution in [-0.2, 0) is 0 Å². The molecule has 0 bridgehead atoms. The zero-order valence-corrected chi connectivity index (χ0v) is 16.8. The summed E-state index contributed by atoms with van der Waals surface area (Å²) in [5, 5.41) is 2.95. The minimum atomic E-state index is -4.31. The van der Waals surface area contributed by atoms with Crippen molar-refractivity contribution in [2.75, 3.05) is 24.7 Å². The summed E-state index contributed by atoms with van der Waals surface area (Å²) in [6.07, 6.45) is 0. The van der Waals surface area contributed by atoms with E-state index in [1.54, 1.807) is 25.3 Å². The number of nitrogens with one attached hydrogen (secondary N) is 1. The minimum absolute atomic E-state index is 0.0766. The summed E-state index contributed by atoms with van der Waals surface area (Å²) in [7, 11) is 1.57. The van der Waals surface area contributed by atoms with Crippen molar-refractivity contribution in [3.63, 3.8) is 0 Å². The molecule has 1 aromatic carbocycles. The average Bonchev–Trinajstić information content (AvgIpc) is 2.97. The number of alkyl halides is 3. The number of pyridine rings is 1. The van der Waals surface area contributed by atoms with Gasteiger partial charge in [0.15, 0.2) is 0 Å². The molecule has 28 heavy (non-hydrogen) atoms. The van der Waals surface area contributed by atoms with Crippen LogP contribution in [-0.4, -0.2) is 43.3 Å².